The Balaban J connectivity index is 1.79. The van der Waals surface area contributed by atoms with Gasteiger partial charge in [-0.2, -0.15) is 0 Å². The largest absolute Gasteiger partial charge is 0.314 e. The number of benzene rings is 1. The zero-order valence-corrected chi connectivity index (χ0v) is 8.80. The second kappa shape index (κ2) is 3.60. The minimum atomic E-state index is -0.0891. The van der Waals surface area contributed by atoms with Crippen LogP contribution in [-0.2, 0) is 12.8 Å². The molecule has 0 spiro atoms. The lowest BCUT2D eigenvalue weighted by Gasteiger charge is -2.17. The molecule has 1 nitrogen and oxygen atoms in total. The molecular weight excluding hydrogens is 189 g/mol. The van der Waals surface area contributed by atoms with Gasteiger partial charge in [-0.3, -0.25) is 0 Å². The molecule has 0 saturated carbocycles. The molecule has 15 heavy (non-hydrogen) atoms. The molecule has 1 N–H and O–H groups in total. The summed E-state index contributed by atoms with van der Waals surface area (Å²) in [5.41, 5.74) is 2.59. The maximum absolute atomic E-state index is 13.1. The van der Waals surface area contributed by atoms with E-state index in [0.29, 0.717) is 12.0 Å². The van der Waals surface area contributed by atoms with Gasteiger partial charge in [0.25, 0.3) is 0 Å². The summed E-state index contributed by atoms with van der Waals surface area (Å²) < 4.78 is 13.1. The lowest BCUT2D eigenvalue weighted by molar-refractivity contribution is 0.405. The van der Waals surface area contributed by atoms with Crippen molar-refractivity contribution in [1.29, 1.82) is 0 Å². The Labute approximate surface area is 89.7 Å². The third-order valence-electron chi connectivity index (χ3n) is 3.80. The van der Waals surface area contributed by atoms with Crippen LogP contribution in [0.2, 0.25) is 0 Å². The van der Waals surface area contributed by atoms with Gasteiger partial charge in [-0.25, -0.2) is 4.39 Å². The first-order chi connectivity index (χ1) is 7.33. The lowest BCUT2D eigenvalue weighted by Crippen LogP contribution is -2.30. The number of nitrogens with one attached hydrogen (secondary N) is 1. The van der Waals surface area contributed by atoms with Crippen LogP contribution in [0.25, 0.3) is 0 Å². The fourth-order valence-corrected chi connectivity index (χ4v) is 3.02. The Kier molecular flexibility index (Phi) is 2.24. The van der Waals surface area contributed by atoms with Crippen molar-refractivity contribution >= 4 is 0 Å². The maximum Gasteiger partial charge on any atom is 0.123 e. The van der Waals surface area contributed by atoms with E-state index in [2.05, 4.69) is 5.32 Å². The number of halogens is 1. The first kappa shape index (κ1) is 9.34. The number of rotatable bonds is 1. The van der Waals surface area contributed by atoms with E-state index in [1.165, 1.54) is 24.0 Å². The van der Waals surface area contributed by atoms with Gasteiger partial charge >= 0.3 is 0 Å². The van der Waals surface area contributed by atoms with Crippen molar-refractivity contribution in [2.45, 2.75) is 31.7 Å². The smallest absolute Gasteiger partial charge is 0.123 e. The topological polar surface area (TPSA) is 12.0 Å². The standard InChI is InChI=1S/C13H16FN/c14-12-4-3-9-6-11(7-10(9)8-12)13-2-1-5-15-13/h3-4,8,11,13,15H,1-2,5-7H2. The van der Waals surface area contributed by atoms with Gasteiger partial charge in [0.15, 0.2) is 0 Å². The van der Waals surface area contributed by atoms with Crippen LogP contribution in [0.5, 0.6) is 0 Å². The lowest BCUT2D eigenvalue weighted by atomic mass is 9.95. The molecule has 0 radical (unpaired) electrons. The van der Waals surface area contributed by atoms with Crippen LogP contribution in [0.3, 0.4) is 0 Å². The SMILES string of the molecule is Fc1ccc2c(c1)CC(C1CCCN1)C2. The summed E-state index contributed by atoms with van der Waals surface area (Å²) in [6.45, 7) is 1.16. The normalized spacial score (nSPS) is 29.4. The Morgan fingerprint density at radius 3 is 2.87 bits per heavy atom. The summed E-state index contributed by atoms with van der Waals surface area (Å²) in [5, 5.41) is 3.55. The Bertz CT molecular complexity index is 369. The summed E-state index contributed by atoms with van der Waals surface area (Å²) in [6, 6.07) is 5.92. The van der Waals surface area contributed by atoms with E-state index in [1.807, 2.05) is 6.07 Å². The quantitative estimate of drug-likeness (QED) is 0.741. The van der Waals surface area contributed by atoms with E-state index in [4.69, 9.17) is 0 Å². The first-order valence-electron chi connectivity index (χ1n) is 5.83. The molecule has 2 atom stereocenters. The minimum absolute atomic E-state index is 0.0891. The average molecular weight is 205 g/mol. The first-order valence-corrected chi connectivity index (χ1v) is 5.83. The molecule has 3 rings (SSSR count). The Morgan fingerprint density at radius 1 is 1.20 bits per heavy atom. The summed E-state index contributed by atoms with van der Waals surface area (Å²) in [6.07, 6.45) is 4.78. The molecule has 0 aromatic heterocycles. The summed E-state index contributed by atoms with van der Waals surface area (Å²) >= 11 is 0. The predicted molar refractivity (Wildman–Crippen MR) is 58.3 cm³/mol. The van der Waals surface area contributed by atoms with Gasteiger partial charge in [-0.1, -0.05) is 6.07 Å². The average Bonchev–Trinajstić information content (AvgIpc) is 2.84. The molecule has 80 valence electrons. The van der Waals surface area contributed by atoms with Gasteiger partial charge in [0, 0.05) is 6.04 Å². The van der Waals surface area contributed by atoms with Crippen molar-refractivity contribution < 1.29 is 4.39 Å². The van der Waals surface area contributed by atoms with Crippen LogP contribution < -0.4 is 5.32 Å². The molecule has 1 fully saturated rings. The van der Waals surface area contributed by atoms with Crippen molar-refractivity contribution in [1.82, 2.24) is 5.32 Å². The molecule has 1 aliphatic carbocycles. The highest BCUT2D eigenvalue weighted by Gasteiger charge is 2.30. The molecule has 0 amide bonds. The highest BCUT2D eigenvalue weighted by atomic mass is 19.1. The molecule has 1 aromatic carbocycles. The zero-order valence-electron chi connectivity index (χ0n) is 8.80. The molecule has 1 aliphatic heterocycles. The predicted octanol–water partition coefficient (Wildman–Crippen LogP) is 2.29. The van der Waals surface area contributed by atoms with Gasteiger partial charge in [0.2, 0.25) is 0 Å². The summed E-state index contributed by atoms with van der Waals surface area (Å²) in [7, 11) is 0. The van der Waals surface area contributed by atoms with Gasteiger partial charge in [0.05, 0.1) is 0 Å². The van der Waals surface area contributed by atoms with E-state index in [1.54, 1.807) is 12.1 Å². The zero-order chi connectivity index (χ0) is 10.3. The summed E-state index contributed by atoms with van der Waals surface area (Å²) in [5.74, 6) is 0.609. The van der Waals surface area contributed by atoms with E-state index in [0.717, 1.165) is 19.4 Å². The number of fused-ring (bicyclic) bond motifs is 1. The second-order valence-corrected chi connectivity index (χ2v) is 4.78. The molecular formula is C13H16FN. The van der Waals surface area contributed by atoms with Crippen molar-refractivity contribution in [3.63, 3.8) is 0 Å². The van der Waals surface area contributed by atoms with Crippen LogP contribution >= 0.6 is 0 Å². The summed E-state index contributed by atoms with van der Waals surface area (Å²) in [4.78, 5) is 0. The molecule has 2 heteroatoms. The van der Waals surface area contributed by atoms with Crippen LogP contribution in [0.4, 0.5) is 4.39 Å². The molecule has 2 aliphatic rings. The van der Waals surface area contributed by atoms with Crippen molar-refractivity contribution in [3.05, 3.63) is 35.1 Å². The van der Waals surface area contributed by atoms with Gasteiger partial charge in [0.1, 0.15) is 5.82 Å². The fourth-order valence-electron chi connectivity index (χ4n) is 3.02. The third kappa shape index (κ3) is 1.67. The van der Waals surface area contributed by atoms with Crippen molar-refractivity contribution in [2.24, 2.45) is 5.92 Å². The monoisotopic (exact) mass is 205 g/mol. The van der Waals surface area contributed by atoms with Crippen molar-refractivity contribution in [2.75, 3.05) is 6.54 Å². The second-order valence-electron chi connectivity index (χ2n) is 4.78. The third-order valence-corrected chi connectivity index (χ3v) is 3.80. The molecule has 1 heterocycles. The number of hydrogen-bond donors (Lipinski definition) is 1. The van der Waals surface area contributed by atoms with Gasteiger partial charge in [-0.05, 0) is 61.4 Å². The van der Waals surface area contributed by atoms with E-state index in [9.17, 15) is 4.39 Å². The highest BCUT2D eigenvalue weighted by molar-refractivity contribution is 5.33. The maximum atomic E-state index is 13.1. The molecule has 2 unspecified atom stereocenters. The number of hydrogen-bond acceptors (Lipinski definition) is 1. The highest BCUT2D eigenvalue weighted by Crippen LogP contribution is 2.31. The van der Waals surface area contributed by atoms with Gasteiger partial charge < -0.3 is 5.32 Å². The minimum Gasteiger partial charge on any atom is -0.314 e. The van der Waals surface area contributed by atoms with E-state index >= 15 is 0 Å². The molecule has 0 bridgehead atoms. The van der Waals surface area contributed by atoms with Crippen LogP contribution in [0.15, 0.2) is 18.2 Å². The fraction of sp³-hybridized carbons (Fsp3) is 0.538. The Hall–Kier alpha value is -0.890. The van der Waals surface area contributed by atoms with E-state index < -0.39 is 0 Å². The molecule has 1 saturated heterocycles. The van der Waals surface area contributed by atoms with Gasteiger partial charge in [-0.15, -0.1) is 0 Å². The van der Waals surface area contributed by atoms with Crippen LogP contribution in [-0.4, -0.2) is 12.6 Å². The van der Waals surface area contributed by atoms with Crippen LogP contribution in [0, 0.1) is 11.7 Å². The van der Waals surface area contributed by atoms with Crippen molar-refractivity contribution in [3.8, 4) is 0 Å². The van der Waals surface area contributed by atoms with E-state index in [-0.39, 0.29) is 5.82 Å². The molecule has 1 aromatic rings. The van der Waals surface area contributed by atoms with Crippen LogP contribution in [0.1, 0.15) is 24.0 Å². The Morgan fingerprint density at radius 2 is 2.07 bits per heavy atom.